The number of rotatable bonds is 5. The van der Waals surface area contributed by atoms with Crippen molar-refractivity contribution >= 4 is 5.91 Å². The van der Waals surface area contributed by atoms with Gasteiger partial charge in [0.05, 0.1) is 12.5 Å². The second-order valence-electron chi connectivity index (χ2n) is 3.55. The molecule has 1 amide bonds. The van der Waals surface area contributed by atoms with Crippen LogP contribution in [0.15, 0.2) is 45.6 Å². The first-order chi connectivity index (χ1) is 8.27. The maximum atomic E-state index is 11.5. The Kier molecular flexibility index (Phi) is 3.62. The summed E-state index contributed by atoms with van der Waals surface area (Å²) in [5.41, 5.74) is 0. The van der Waals surface area contributed by atoms with Crippen LogP contribution >= 0.6 is 0 Å². The Morgan fingerprint density at radius 2 is 2.06 bits per heavy atom. The predicted molar refractivity (Wildman–Crippen MR) is 59.3 cm³/mol. The third-order valence-corrected chi connectivity index (χ3v) is 2.32. The number of aliphatic hydroxyl groups excluding tert-OH is 1. The second-order valence-corrected chi connectivity index (χ2v) is 3.55. The summed E-state index contributed by atoms with van der Waals surface area (Å²) in [6.07, 6.45) is 2.62. The van der Waals surface area contributed by atoms with Gasteiger partial charge in [-0.05, 0) is 30.7 Å². The van der Waals surface area contributed by atoms with E-state index in [1.165, 1.54) is 12.5 Å². The minimum absolute atomic E-state index is 0.262. The molecule has 5 nitrogen and oxygen atoms in total. The van der Waals surface area contributed by atoms with Gasteiger partial charge in [-0.25, -0.2) is 0 Å². The fourth-order valence-electron chi connectivity index (χ4n) is 1.44. The molecular weight excluding hydrogens is 222 g/mol. The lowest BCUT2D eigenvalue weighted by molar-refractivity contribution is 0.0909. The maximum Gasteiger partial charge on any atom is 0.286 e. The number of amides is 1. The van der Waals surface area contributed by atoms with Crippen LogP contribution in [0.3, 0.4) is 0 Å². The van der Waals surface area contributed by atoms with Crippen LogP contribution in [0, 0.1) is 0 Å². The molecule has 0 aliphatic carbocycles. The van der Waals surface area contributed by atoms with Crippen LogP contribution in [0.2, 0.25) is 0 Å². The number of nitrogens with one attached hydrogen (secondary N) is 1. The van der Waals surface area contributed by atoms with Crippen molar-refractivity contribution in [2.45, 2.75) is 12.5 Å². The van der Waals surface area contributed by atoms with E-state index in [4.69, 9.17) is 8.83 Å². The molecule has 90 valence electrons. The third-order valence-electron chi connectivity index (χ3n) is 2.32. The Hall–Kier alpha value is -2.01. The molecule has 5 heteroatoms. The summed E-state index contributed by atoms with van der Waals surface area (Å²) in [6, 6.07) is 6.63. The van der Waals surface area contributed by atoms with Crippen LogP contribution < -0.4 is 5.32 Å². The molecular formula is C12H13NO4. The van der Waals surface area contributed by atoms with E-state index >= 15 is 0 Å². The molecule has 2 aromatic rings. The highest BCUT2D eigenvalue weighted by atomic mass is 16.4. The van der Waals surface area contributed by atoms with Crippen molar-refractivity contribution in [3.63, 3.8) is 0 Å². The largest absolute Gasteiger partial charge is 0.467 e. The van der Waals surface area contributed by atoms with Gasteiger partial charge in [0.1, 0.15) is 11.9 Å². The number of hydrogen-bond acceptors (Lipinski definition) is 4. The van der Waals surface area contributed by atoms with Crippen molar-refractivity contribution in [3.8, 4) is 0 Å². The Balaban J connectivity index is 1.75. The lowest BCUT2D eigenvalue weighted by Gasteiger charge is -2.07. The molecule has 0 radical (unpaired) electrons. The Morgan fingerprint density at radius 3 is 2.71 bits per heavy atom. The maximum absolute atomic E-state index is 11.5. The topological polar surface area (TPSA) is 75.6 Å². The molecule has 0 spiro atoms. The quantitative estimate of drug-likeness (QED) is 0.827. The van der Waals surface area contributed by atoms with E-state index < -0.39 is 6.10 Å². The van der Waals surface area contributed by atoms with Crippen molar-refractivity contribution in [1.82, 2.24) is 5.32 Å². The summed E-state index contributed by atoms with van der Waals surface area (Å²) in [4.78, 5) is 11.5. The minimum Gasteiger partial charge on any atom is -0.467 e. The van der Waals surface area contributed by atoms with Gasteiger partial charge in [-0.2, -0.15) is 0 Å². The van der Waals surface area contributed by atoms with Crippen molar-refractivity contribution in [2.75, 3.05) is 6.54 Å². The molecule has 2 heterocycles. The molecule has 0 saturated carbocycles. The zero-order chi connectivity index (χ0) is 12.1. The van der Waals surface area contributed by atoms with Crippen LogP contribution in [-0.2, 0) is 0 Å². The van der Waals surface area contributed by atoms with Gasteiger partial charge in [0, 0.05) is 6.54 Å². The number of carbonyl (C=O) groups excluding carboxylic acids is 1. The van der Waals surface area contributed by atoms with Gasteiger partial charge in [-0.1, -0.05) is 0 Å². The first-order valence-electron chi connectivity index (χ1n) is 5.30. The summed E-state index contributed by atoms with van der Waals surface area (Å²) >= 11 is 0. The van der Waals surface area contributed by atoms with Crippen molar-refractivity contribution < 1.29 is 18.7 Å². The van der Waals surface area contributed by atoms with Gasteiger partial charge in [0.2, 0.25) is 0 Å². The highest BCUT2D eigenvalue weighted by Gasteiger charge is 2.12. The summed E-state index contributed by atoms with van der Waals surface area (Å²) < 4.78 is 9.98. The van der Waals surface area contributed by atoms with Crippen LogP contribution in [0.4, 0.5) is 0 Å². The first kappa shape index (κ1) is 11.5. The molecule has 0 aliphatic heterocycles. The van der Waals surface area contributed by atoms with Gasteiger partial charge in [0.25, 0.3) is 5.91 Å². The van der Waals surface area contributed by atoms with E-state index in [2.05, 4.69) is 5.32 Å². The van der Waals surface area contributed by atoms with E-state index in [9.17, 15) is 9.90 Å². The van der Waals surface area contributed by atoms with Gasteiger partial charge in [-0.3, -0.25) is 4.79 Å². The zero-order valence-corrected chi connectivity index (χ0v) is 9.13. The minimum atomic E-state index is -0.707. The van der Waals surface area contributed by atoms with Crippen molar-refractivity contribution in [3.05, 3.63) is 48.3 Å². The highest BCUT2D eigenvalue weighted by Crippen LogP contribution is 2.15. The molecule has 2 rings (SSSR count). The molecule has 0 bridgehead atoms. The fraction of sp³-hybridized carbons (Fsp3) is 0.250. The Morgan fingerprint density at radius 1 is 1.29 bits per heavy atom. The molecule has 1 atom stereocenters. The molecule has 2 N–H and O–H groups in total. The Bertz CT molecular complexity index is 447. The van der Waals surface area contributed by atoms with E-state index in [0.717, 1.165) is 0 Å². The normalized spacial score (nSPS) is 12.3. The third kappa shape index (κ3) is 2.98. The number of hydrogen-bond donors (Lipinski definition) is 2. The van der Waals surface area contributed by atoms with Crippen LogP contribution in [0.25, 0.3) is 0 Å². The van der Waals surface area contributed by atoms with Gasteiger partial charge >= 0.3 is 0 Å². The average molecular weight is 235 g/mol. The fourth-order valence-corrected chi connectivity index (χ4v) is 1.44. The smallest absolute Gasteiger partial charge is 0.286 e. The summed E-state index contributed by atoms with van der Waals surface area (Å²) in [6.45, 7) is 0.349. The van der Waals surface area contributed by atoms with Crippen LogP contribution in [0.1, 0.15) is 28.8 Å². The predicted octanol–water partition coefficient (Wildman–Crippen LogP) is 1.73. The van der Waals surface area contributed by atoms with E-state index in [-0.39, 0.29) is 11.7 Å². The second kappa shape index (κ2) is 5.36. The van der Waals surface area contributed by atoms with Gasteiger partial charge < -0.3 is 19.3 Å². The molecule has 0 aromatic carbocycles. The van der Waals surface area contributed by atoms with Crippen molar-refractivity contribution in [1.29, 1.82) is 0 Å². The van der Waals surface area contributed by atoms with Gasteiger partial charge in [-0.15, -0.1) is 0 Å². The van der Waals surface area contributed by atoms with Crippen molar-refractivity contribution in [2.24, 2.45) is 0 Å². The van der Waals surface area contributed by atoms with E-state index in [1.54, 1.807) is 24.3 Å². The SMILES string of the molecule is O=C(NCC[C@H](O)c1ccco1)c1ccco1. The molecule has 0 saturated heterocycles. The lowest BCUT2D eigenvalue weighted by Crippen LogP contribution is -2.25. The summed E-state index contributed by atoms with van der Waals surface area (Å²) in [7, 11) is 0. The number of furan rings is 2. The average Bonchev–Trinajstić information content (AvgIpc) is 3.02. The molecule has 0 fully saturated rings. The monoisotopic (exact) mass is 235 g/mol. The molecule has 17 heavy (non-hydrogen) atoms. The number of aliphatic hydroxyl groups is 1. The van der Waals surface area contributed by atoms with Crippen LogP contribution in [0.5, 0.6) is 0 Å². The van der Waals surface area contributed by atoms with Gasteiger partial charge in [0.15, 0.2) is 5.76 Å². The first-order valence-corrected chi connectivity index (χ1v) is 5.30. The zero-order valence-electron chi connectivity index (χ0n) is 9.13. The van der Waals surface area contributed by atoms with Crippen LogP contribution in [-0.4, -0.2) is 17.6 Å². The molecule has 2 aromatic heterocycles. The van der Waals surface area contributed by atoms with E-state index in [0.29, 0.717) is 18.7 Å². The lowest BCUT2D eigenvalue weighted by atomic mass is 10.2. The molecule has 0 unspecified atom stereocenters. The van der Waals surface area contributed by atoms with E-state index in [1.807, 2.05) is 0 Å². The Labute approximate surface area is 98.0 Å². The number of carbonyl (C=O) groups is 1. The highest BCUT2D eigenvalue weighted by molar-refractivity contribution is 5.91. The summed E-state index contributed by atoms with van der Waals surface area (Å²) in [5, 5.41) is 12.3. The standard InChI is InChI=1S/C12H13NO4/c14-9(10-3-1-7-16-10)5-6-13-12(15)11-4-2-8-17-11/h1-4,7-9,14H,5-6H2,(H,13,15)/t9-/m0/s1. The molecule has 0 aliphatic rings. The summed E-state index contributed by atoms with van der Waals surface area (Å²) in [5.74, 6) is 0.469.